The monoisotopic (exact) mass is 468 g/mol. The second-order valence-corrected chi connectivity index (χ2v) is 13.3. The molecule has 0 aromatic rings. The minimum atomic E-state index is 0.0988. The molecule has 5 aliphatic rings. The summed E-state index contributed by atoms with van der Waals surface area (Å²) in [6, 6.07) is 0. The summed E-state index contributed by atoms with van der Waals surface area (Å²) in [6.07, 6.45) is 15.6. The van der Waals surface area contributed by atoms with Crippen molar-refractivity contribution in [3.05, 3.63) is 11.1 Å². The van der Waals surface area contributed by atoms with Gasteiger partial charge in [-0.2, -0.15) is 0 Å². The molecule has 3 saturated carbocycles. The highest BCUT2D eigenvalue weighted by Gasteiger charge is 2.60. The summed E-state index contributed by atoms with van der Waals surface area (Å²) in [6.45, 7) is 9.62. The van der Waals surface area contributed by atoms with Crippen molar-refractivity contribution < 1.29 is 14.3 Å². The lowest BCUT2D eigenvalue weighted by atomic mass is 9.49. The van der Waals surface area contributed by atoms with Crippen LogP contribution in [0.15, 0.2) is 11.1 Å². The average Bonchev–Trinajstić information content (AvgIpc) is 3.12. The molecule has 7 atom stereocenters. The first-order valence-corrected chi connectivity index (χ1v) is 14.7. The molecule has 3 unspecified atom stereocenters. The fraction of sp³-hybridized carbons (Fsp3) is 0.871. The molecule has 0 N–H and O–H groups in total. The number of carbonyl (C=O) groups excluding carboxylic acids is 2. The molecule has 5 rings (SSSR count). The standard InChI is InChI=1S/C31H48O3/c1-5-6-7-21-8-10-22(11-9-21)30(33)34-27-15-14-26-29-19(2)16-23-17-24(32)12-13-25(23)28(29)20(3)18-31(26,27)4/h19-22,26-29H,5-18H2,1-4H3/t19-,20+,21?,22?,26?,27+,28?,29?,31+/m1/s1. The van der Waals surface area contributed by atoms with Crippen LogP contribution in [0, 0.1) is 46.8 Å². The first-order chi connectivity index (χ1) is 16.3. The number of ether oxygens (including phenoxy) is 1. The summed E-state index contributed by atoms with van der Waals surface area (Å²) in [5.74, 6) is 4.77. The van der Waals surface area contributed by atoms with E-state index in [1.165, 1.54) is 44.1 Å². The van der Waals surface area contributed by atoms with Crippen LogP contribution in [0.2, 0.25) is 0 Å². The summed E-state index contributed by atoms with van der Waals surface area (Å²) >= 11 is 0. The lowest BCUT2D eigenvalue weighted by Crippen LogP contribution is -2.52. The van der Waals surface area contributed by atoms with E-state index in [0.29, 0.717) is 35.4 Å². The molecular formula is C31H48O3. The van der Waals surface area contributed by atoms with E-state index in [1.807, 2.05) is 0 Å². The Balaban J connectivity index is 1.27. The number of carbonyl (C=O) groups is 2. The predicted octanol–water partition coefficient (Wildman–Crippen LogP) is 7.67. The number of rotatable bonds is 5. The van der Waals surface area contributed by atoms with E-state index < -0.39 is 0 Å². The number of esters is 1. The largest absolute Gasteiger partial charge is 0.462 e. The van der Waals surface area contributed by atoms with Crippen LogP contribution in [0.5, 0.6) is 0 Å². The number of hydrogen-bond acceptors (Lipinski definition) is 3. The van der Waals surface area contributed by atoms with Gasteiger partial charge in [-0.05, 0) is 93.3 Å². The van der Waals surface area contributed by atoms with Gasteiger partial charge in [-0.15, -0.1) is 0 Å². The quantitative estimate of drug-likeness (QED) is 0.307. The molecule has 34 heavy (non-hydrogen) atoms. The molecule has 190 valence electrons. The van der Waals surface area contributed by atoms with Gasteiger partial charge in [-0.3, -0.25) is 9.59 Å². The topological polar surface area (TPSA) is 43.4 Å². The maximum atomic E-state index is 13.3. The molecular weight excluding hydrogens is 420 g/mol. The van der Waals surface area contributed by atoms with Crippen molar-refractivity contribution in [3.8, 4) is 0 Å². The van der Waals surface area contributed by atoms with Gasteiger partial charge >= 0.3 is 5.97 Å². The summed E-state index contributed by atoms with van der Waals surface area (Å²) in [5.41, 5.74) is 3.28. The molecule has 0 aliphatic heterocycles. The zero-order valence-electron chi connectivity index (χ0n) is 22.2. The fourth-order valence-corrected chi connectivity index (χ4v) is 9.55. The lowest BCUT2D eigenvalue weighted by Gasteiger charge is -2.56. The predicted molar refractivity (Wildman–Crippen MR) is 136 cm³/mol. The molecule has 0 aromatic heterocycles. The molecule has 0 aromatic carbocycles. The average molecular weight is 469 g/mol. The maximum Gasteiger partial charge on any atom is 0.309 e. The molecule has 0 heterocycles. The number of allylic oxidation sites excluding steroid dienone is 2. The Bertz CT molecular complexity index is 819. The summed E-state index contributed by atoms with van der Waals surface area (Å²) in [5, 5.41) is 0. The second kappa shape index (κ2) is 9.74. The van der Waals surface area contributed by atoms with Gasteiger partial charge in [-0.25, -0.2) is 0 Å². The van der Waals surface area contributed by atoms with Crippen molar-refractivity contribution in [2.24, 2.45) is 46.8 Å². The highest BCUT2D eigenvalue weighted by atomic mass is 16.5. The van der Waals surface area contributed by atoms with Crippen LogP contribution in [-0.4, -0.2) is 17.9 Å². The zero-order chi connectivity index (χ0) is 24.0. The first kappa shape index (κ1) is 24.6. The van der Waals surface area contributed by atoms with Crippen molar-refractivity contribution in [2.75, 3.05) is 0 Å². The van der Waals surface area contributed by atoms with Crippen LogP contribution in [0.4, 0.5) is 0 Å². The lowest BCUT2D eigenvalue weighted by molar-refractivity contribution is -0.166. The first-order valence-electron chi connectivity index (χ1n) is 14.7. The van der Waals surface area contributed by atoms with E-state index >= 15 is 0 Å². The van der Waals surface area contributed by atoms with E-state index in [4.69, 9.17) is 4.74 Å². The van der Waals surface area contributed by atoms with Gasteiger partial charge in [0, 0.05) is 18.3 Å². The second-order valence-electron chi connectivity index (χ2n) is 13.3. The Morgan fingerprint density at radius 1 is 1.03 bits per heavy atom. The zero-order valence-corrected chi connectivity index (χ0v) is 22.2. The maximum absolute atomic E-state index is 13.3. The van der Waals surface area contributed by atoms with Crippen LogP contribution >= 0.6 is 0 Å². The smallest absolute Gasteiger partial charge is 0.309 e. The number of fused-ring (bicyclic) bond motifs is 4. The molecule has 3 fully saturated rings. The summed E-state index contributed by atoms with van der Waals surface area (Å²) in [4.78, 5) is 25.4. The number of unbranched alkanes of at least 4 members (excludes halogenated alkanes) is 1. The van der Waals surface area contributed by atoms with Gasteiger partial charge in [0.25, 0.3) is 0 Å². The summed E-state index contributed by atoms with van der Waals surface area (Å²) in [7, 11) is 0. The van der Waals surface area contributed by atoms with E-state index in [9.17, 15) is 9.59 Å². The van der Waals surface area contributed by atoms with Crippen molar-refractivity contribution in [3.63, 3.8) is 0 Å². The number of Topliss-reactive ketones (excluding diaryl/α,β-unsaturated/α-hetero) is 1. The van der Waals surface area contributed by atoms with Crippen molar-refractivity contribution >= 4 is 11.8 Å². The molecule has 0 radical (unpaired) electrons. The summed E-state index contributed by atoms with van der Waals surface area (Å²) < 4.78 is 6.43. The van der Waals surface area contributed by atoms with Crippen molar-refractivity contribution in [1.82, 2.24) is 0 Å². The minimum absolute atomic E-state index is 0.0988. The van der Waals surface area contributed by atoms with E-state index in [-0.39, 0.29) is 23.4 Å². The van der Waals surface area contributed by atoms with Crippen molar-refractivity contribution in [2.45, 2.75) is 124 Å². The Labute approximate surface area is 207 Å². The molecule has 0 spiro atoms. The molecule has 0 amide bonds. The van der Waals surface area contributed by atoms with Crippen molar-refractivity contribution in [1.29, 1.82) is 0 Å². The number of hydrogen-bond donors (Lipinski definition) is 0. The Morgan fingerprint density at radius 2 is 1.79 bits per heavy atom. The van der Waals surface area contributed by atoms with Gasteiger partial charge < -0.3 is 4.74 Å². The molecule has 5 aliphatic carbocycles. The molecule has 3 heteroatoms. The SMILES string of the molecule is CCCCC1CCC(C(=O)O[C@H]2CCC3C4C(C5=C(CC(=O)CC5)C[C@H]4C)[C@@H](C)C[C@@]32C)CC1. The van der Waals surface area contributed by atoms with Gasteiger partial charge in [0.15, 0.2) is 0 Å². The Kier molecular flexibility index (Phi) is 7.04. The normalized spacial score (nSPS) is 44.3. The van der Waals surface area contributed by atoms with Gasteiger partial charge in [0.05, 0.1) is 5.92 Å². The fourth-order valence-electron chi connectivity index (χ4n) is 9.55. The van der Waals surface area contributed by atoms with Crippen LogP contribution < -0.4 is 0 Å². The third-order valence-corrected chi connectivity index (χ3v) is 11.1. The van der Waals surface area contributed by atoms with Gasteiger partial charge in [-0.1, -0.05) is 58.1 Å². The van der Waals surface area contributed by atoms with E-state index in [0.717, 1.165) is 57.3 Å². The third kappa shape index (κ3) is 4.32. The van der Waals surface area contributed by atoms with Crippen LogP contribution in [0.25, 0.3) is 0 Å². The number of ketones is 1. The van der Waals surface area contributed by atoms with Crippen LogP contribution in [-0.2, 0) is 14.3 Å². The highest BCUT2D eigenvalue weighted by Crippen LogP contribution is 2.64. The molecule has 3 nitrogen and oxygen atoms in total. The van der Waals surface area contributed by atoms with E-state index in [1.54, 1.807) is 5.57 Å². The molecule has 0 saturated heterocycles. The minimum Gasteiger partial charge on any atom is -0.462 e. The highest BCUT2D eigenvalue weighted by molar-refractivity contribution is 5.82. The van der Waals surface area contributed by atoms with Crippen LogP contribution in [0.3, 0.4) is 0 Å². The Morgan fingerprint density at radius 3 is 2.53 bits per heavy atom. The van der Waals surface area contributed by atoms with Gasteiger partial charge in [0.1, 0.15) is 11.9 Å². The molecule has 0 bridgehead atoms. The van der Waals surface area contributed by atoms with E-state index in [2.05, 4.69) is 27.7 Å². The Hall–Kier alpha value is -1.12. The third-order valence-electron chi connectivity index (χ3n) is 11.1. The van der Waals surface area contributed by atoms with Gasteiger partial charge in [0.2, 0.25) is 0 Å². The van der Waals surface area contributed by atoms with Crippen LogP contribution in [0.1, 0.15) is 118 Å².